The van der Waals surface area contributed by atoms with Crippen molar-refractivity contribution in [3.63, 3.8) is 0 Å². The first-order chi connectivity index (χ1) is 15.6. The van der Waals surface area contributed by atoms with Gasteiger partial charge in [0.1, 0.15) is 5.56 Å². The van der Waals surface area contributed by atoms with Crippen LogP contribution in [0.2, 0.25) is 0 Å². The first-order valence-electron chi connectivity index (χ1n) is 10.0. The van der Waals surface area contributed by atoms with Crippen molar-refractivity contribution < 1.29 is 14.3 Å². The van der Waals surface area contributed by atoms with Crippen LogP contribution in [0.3, 0.4) is 0 Å². The van der Waals surface area contributed by atoms with Crippen molar-refractivity contribution >= 4 is 44.6 Å². The summed E-state index contributed by atoms with van der Waals surface area (Å²) in [6.45, 7) is 2.03. The molecule has 5 aromatic rings. The molecule has 0 saturated heterocycles. The van der Waals surface area contributed by atoms with Gasteiger partial charge in [-0.15, -0.1) is 11.3 Å². The van der Waals surface area contributed by atoms with Gasteiger partial charge in [-0.25, -0.2) is 14.3 Å². The minimum absolute atomic E-state index is 0.160. The van der Waals surface area contributed by atoms with Crippen LogP contribution in [0.15, 0.2) is 73.1 Å². The molecule has 0 aliphatic rings. The van der Waals surface area contributed by atoms with E-state index in [4.69, 9.17) is 4.74 Å². The highest BCUT2D eigenvalue weighted by Gasteiger charge is 2.17. The topological polar surface area (TPSA) is 85.6 Å². The number of hydrogen-bond donors (Lipinski definition) is 1. The fraction of sp³-hybridized carbons (Fsp3) is 0.0833. The van der Waals surface area contributed by atoms with Crippen LogP contribution in [0.1, 0.15) is 27.0 Å². The fourth-order valence-electron chi connectivity index (χ4n) is 3.51. The van der Waals surface area contributed by atoms with Gasteiger partial charge in [0.05, 0.1) is 23.4 Å². The van der Waals surface area contributed by atoms with Crippen LogP contribution in [0.25, 0.3) is 27.0 Å². The van der Waals surface area contributed by atoms with Crippen molar-refractivity contribution in [3.8, 4) is 11.3 Å². The largest absolute Gasteiger partial charge is 0.462 e. The van der Waals surface area contributed by atoms with Crippen molar-refractivity contribution in [2.45, 2.75) is 6.92 Å². The van der Waals surface area contributed by atoms with Crippen LogP contribution in [0.4, 0.5) is 5.69 Å². The Kier molecular flexibility index (Phi) is 5.12. The number of carbonyl (C=O) groups is 2. The van der Waals surface area contributed by atoms with Crippen molar-refractivity contribution in [2.75, 3.05) is 11.9 Å². The van der Waals surface area contributed by atoms with Gasteiger partial charge in [-0.05, 0) is 42.6 Å². The molecule has 0 unspecified atom stereocenters. The van der Waals surface area contributed by atoms with E-state index >= 15 is 0 Å². The van der Waals surface area contributed by atoms with Crippen LogP contribution < -0.4 is 5.32 Å². The zero-order chi connectivity index (χ0) is 22.1. The van der Waals surface area contributed by atoms with E-state index in [1.807, 2.05) is 60.7 Å². The van der Waals surface area contributed by atoms with Gasteiger partial charge < -0.3 is 10.1 Å². The molecule has 0 aliphatic heterocycles. The van der Waals surface area contributed by atoms with Gasteiger partial charge in [0, 0.05) is 22.1 Å². The second-order valence-electron chi connectivity index (χ2n) is 7.03. The highest BCUT2D eigenvalue weighted by Crippen LogP contribution is 2.27. The van der Waals surface area contributed by atoms with Crippen molar-refractivity contribution in [3.05, 3.63) is 83.5 Å². The molecular formula is C24H18N4O3S. The molecule has 7 nitrogen and oxygen atoms in total. The maximum atomic E-state index is 12.8. The Hall–Kier alpha value is -4.04. The Morgan fingerprint density at radius 3 is 2.81 bits per heavy atom. The Morgan fingerprint density at radius 2 is 1.97 bits per heavy atom. The van der Waals surface area contributed by atoms with Crippen molar-refractivity contribution in [2.24, 2.45) is 0 Å². The molecule has 3 aromatic heterocycles. The number of esters is 1. The third kappa shape index (κ3) is 3.61. The average molecular weight is 443 g/mol. The lowest BCUT2D eigenvalue weighted by Gasteiger charge is -2.08. The van der Waals surface area contributed by atoms with E-state index in [1.54, 1.807) is 17.6 Å². The maximum absolute atomic E-state index is 12.8. The second-order valence-corrected chi connectivity index (χ2v) is 8.11. The molecule has 0 fully saturated rings. The summed E-state index contributed by atoms with van der Waals surface area (Å²) < 4.78 is 7.76. The second kappa shape index (κ2) is 8.24. The standard InChI is InChI=1S/C24H18N4O3S/c1-2-31-24(30)18-14-26-28-19(10-11-25-22(18)28)15-7-5-8-17(12-15)27-23(29)21-13-16-6-3-4-9-20(16)32-21/h3-14H,2H2,1H3,(H,27,29). The lowest BCUT2D eigenvalue weighted by atomic mass is 10.1. The van der Waals surface area contributed by atoms with E-state index in [2.05, 4.69) is 15.4 Å². The quantitative estimate of drug-likeness (QED) is 0.386. The highest BCUT2D eigenvalue weighted by molar-refractivity contribution is 7.20. The number of benzene rings is 2. The molecule has 3 heterocycles. The number of ether oxygens (including phenoxy) is 1. The van der Waals surface area contributed by atoms with Crippen LogP contribution in [-0.2, 0) is 4.74 Å². The van der Waals surface area contributed by atoms with Crippen molar-refractivity contribution in [1.29, 1.82) is 0 Å². The fourth-order valence-corrected chi connectivity index (χ4v) is 4.46. The number of thiophene rings is 1. The number of nitrogens with zero attached hydrogens (tertiary/aromatic N) is 3. The Labute approximate surface area is 187 Å². The molecule has 2 aromatic carbocycles. The smallest absolute Gasteiger partial charge is 0.343 e. The van der Waals surface area contributed by atoms with Crippen LogP contribution >= 0.6 is 11.3 Å². The Morgan fingerprint density at radius 1 is 1.09 bits per heavy atom. The van der Waals surface area contributed by atoms with Crippen molar-refractivity contribution in [1.82, 2.24) is 14.6 Å². The first-order valence-corrected chi connectivity index (χ1v) is 10.9. The molecule has 0 bridgehead atoms. The van der Waals surface area contributed by atoms with Gasteiger partial charge >= 0.3 is 5.97 Å². The van der Waals surface area contributed by atoms with E-state index in [-0.39, 0.29) is 12.5 Å². The summed E-state index contributed by atoms with van der Waals surface area (Å²) in [6, 6.07) is 19.1. The predicted octanol–water partition coefficient (Wildman–Crippen LogP) is 5.04. The van der Waals surface area contributed by atoms with Crippen LogP contribution in [-0.4, -0.2) is 33.1 Å². The summed E-state index contributed by atoms with van der Waals surface area (Å²) in [5.41, 5.74) is 2.95. The number of carbonyl (C=O) groups excluding carboxylic acids is 2. The van der Waals surface area contributed by atoms with Gasteiger partial charge in [0.15, 0.2) is 5.65 Å². The highest BCUT2D eigenvalue weighted by atomic mass is 32.1. The summed E-state index contributed by atoms with van der Waals surface area (Å²) in [4.78, 5) is 29.9. The number of aromatic nitrogens is 3. The normalized spacial score (nSPS) is 11.0. The minimum atomic E-state index is -0.462. The van der Waals surface area contributed by atoms with E-state index in [0.717, 1.165) is 21.3 Å². The molecule has 1 N–H and O–H groups in total. The summed E-state index contributed by atoms with van der Waals surface area (Å²) in [5.74, 6) is -0.622. The molecular weight excluding hydrogens is 424 g/mol. The maximum Gasteiger partial charge on any atom is 0.343 e. The van der Waals surface area contributed by atoms with Gasteiger partial charge in [-0.2, -0.15) is 5.10 Å². The molecule has 0 saturated carbocycles. The lowest BCUT2D eigenvalue weighted by molar-refractivity contribution is 0.0528. The molecule has 32 heavy (non-hydrogen) atoms. The Balaban J connectivity index is 1.46. The molecule has 158 valence electrons. The third-order valence-electron chi connectivity index (χ3n) is 4.96. The van der Waals surface area contributed by atoms with Gasteiger partial charge in [-0.1, -0.05) is 30.3 Å². The van der Waals surface area contributed by atoms with Crippen LogP contribution in [0, 0.1) is 0 Å². The number of anilines is 1. The van der Waals surface area contributed by atoms with Crippen LogP contribution in [0.5, 0.6) is 0 Å². The minimum Gasteiger partial charge on any atom is -0.462 e. The van der Waals surface area contributed by atoms with E-state index in [9.17, 15) is 9.59 Å². The number of nitrogens with one attached hydrogen (secondary N) is 1. The molecule has 5 rings (SSSR count). The van der Waals surface area contributed by atoms with Gasteiger partial charge in [0.2, 0.25) is 0 Å². The zero-order valence-electron chi connectivity index (χ0n) is 17.1. The number of rotatable bonds is 5. The summed E-state index contributed by atoms with van der Waals surface area (Å²) in [7, 11) is 0. The third-order valence-corrected chi connectivity index (χ3v) is 6.08. The van der Waals surface area contributed by atoms with Gasteiger partial charge in [-0.3, -0.25) is 4.79 Å². The monoisotopic (exact) mass is 442 g/mol. The molecule has 1 amide bonds. The SMILES string of the molecule is CCOC(=O)c1cnn2c(-c3cccc(NC(=O)c4cc5ccccc5s4)c3)ccnc12. The predicted molar refractivity (Wildman–Crippen MR) is 124 cm³/mol. The zero-order valence-corrected chi connectivity index (χ0v) is 17.9. The molecule has 0 aliphatic carbocycles. The lowest BCUT2D eigenvalue weighted by Crippen LogP contribution is -2.10. The summed E-state index contributed by atoms with van der Waals surface area (Å²) in [5, 5.41) is 8.35. The molecule has 8 heteroatoms. The molecule has 0 radical (unpaired) electrons. The number of hydrogen-bond acceptors (Lipinski definition) is 6. The molecule has 0 spiro atoms. The summed E-state index contributed by atoms with van der Waals surface area (Å²) in [6.07, 6.45) is 3.08. The molecule has 0 atom stereocenters. The van der Waals surface area contributed by atoms with Gasteiger partial charge in [0.25, 0.3) is 5.91 Å². The van der Waals surface area contributed by atoms with E-state index in [1.165, 1.54) is 17.5 Å². The van der Waals surface area contributed by atoms with E-state index < -0.39 is 5.97 Å². The summed E-state index contributed by atoms with van der Waals surface area (Å²) >= 11 is 1.46. The Bertz CT molecular complexity index is 1440. The van der Waals surface area contributed by atoms with E-state index in [0.29, 0.717) is 21.8 Å². The first kappa shape index (κ1) is 19.9. The average Bonchev–Trinajstić information content (AvgIpc) is 3.44. The number of fused-ring (bicyclic) bond motifs is 2. The number of amides is 1.